The summed E-state index contributed by atoms with van der Waals surface area (Å²) in [5, 5.41) is 7.81. The number of ether oxygens (including phenoxy) is 1. The Morgan fingerprint density at radius 2 is 1.95 bits per heavy atom. The van der Waals surface area contributed by atoms with Crippen molar-refractivity contribution in [3.8, 4) is 11.5 Å². The number of aryl methyl sites for hydroxylation is 1. The number of benzene rings is 1. The monoisotopic (exact) mass is 304 g/mol. The van der Waals surface area contributed by atoms with Gasteiger partial charge < -0.3 is 9.15 Å². The van der Waals surface area contributed by atoms with Crippen LogP contribution in [0.5, 0.6) is 0 Å². The van der Waals surface area contributed by atoms with Gasteiger partial charge in [-0.3, -0.25) is 10.2 Å². The van der Waals surface area contributed by atoms with Crippen molar-refractivity contribution < 1.29 is 18.7 Å². The van der Waals surface area contributed by atoms with Gasteiger partial charge in [-0.2, -0.15) is 0 Å². The van der Waals surface area contributed by atoms with Crippen LogP contribution < -0.4 is 10.9 Å². The van der Waals surface area contributed by atoms with E-state index in [1.54, 1.807) is 6.92 Å². The van der Waals surface area contributed by atoms with Crippen molar-refractivity contribution in [1.82, 2.24) is 21.0 Å². The van der Waals surface area contributed by atoms with Gasteiger partial charge in [-0.25, -0.2) is 10.2 Å². The van der Waals surface area contributed by atoms with Crippen molar-refractivity contribution >= 4 is 12.0 Å². The van der Waals surface area contributed by atoms with Gasteiger partial charge in [0.15, 0.2) is 0 Å². The Kier molecular flexibility index (Phi) is 5.47. The highest BCUT2D eigenvalue weighted by atomic mass is 16.5. The van der Waals surface area contributed by atoms with Gasteiger partial charge in [0.2, 0.25) is 17.7 Å². The van der Waals surface area contributed by atoms with Gasteiger partial charge in [0.25, 0.3) is 0 Å². The SMILES string of the molecule is CCOC(=O)NNC(=O)CCc1nnc(-c2ccccc2)o1. The number of hydrogen-bond acceptors (Lipinski definition) is 6. The summed E-state index contributed by atoms with van der Waals surface area (Å²) in [6.07, 6.45) is -0.334. The van der Waals surface area contributed by atoms with E-state index in [0.29, 0.717) is 11.8 Å². The fourth-order valence-electron chi connectivity index (χ4n) is 1.62. The number of nitrogens with one attached hydrogen (secondary N) is 2. The second-order valence-electron chi connectivity index (χ2n) is 4.26. The molecule has 0 saturated heterocycles. The predicted molar refractivity (Wildman–Crippen MR) is 76.4 cm³/mol. The van der Waals surface area contributed by atoms with E-state index in [9.17, 15) is 9.59 Å². The van der Waals surface area contributed by atoms with Crippen molar-refractivity contribution in [2.75, 3.05) is 6.61 Å². The van der Waals surface area contributed by atoms with Crippen LogP contribution in [0, 0.1) is 0 Å². The summed E-state index contributed by atoms with van der Waals surface area (Å²) in [6.45, 7) is 1.90. The standard InChI is InChI=1S/C14H16N4O4/c1-2-21-14(20)18-15-11(19)8-9-12-16-17-13(22-12)10-6-4-3-5-7-10/h3-7H,2,8-9H2,1H3,(H,15,19)(H,18,20). The Labute approximate surface area is 126 Å². The van der Waals surface area contributed by atoms with Gasteiger partial charge in [-0.1, -0.05) is 18.2 Å². The number of nitrogens with zero attached hydrogens (tertiary/aromatic N) is 2. The van der Waals surface area contributed by atoms with Crippen LogP contribution >= 0.6 is 0 Å². The quantitative estimate of drug-likeness (QED) is 0.810. The molecule has 2 amide bonds. The van der Waals surface area contributed by atoms with E-state index in [0.717, 1.165) is 5.56 Å². The molecule has 0 radical (unpaired) electrons. The number of carbonyl (C=O) groups is 2. The molecule has 2 aromatic rings. The Balaban J connectivity index is 1.79. The van der Waals surface area contributed by atoms with E-state index in [1.807, 2.05) is 30.3 Å². The molecule has 0 atom stereocenters. The Bertz CT molecular complexity index is 627. The molecule has 1 aromatic heterocycles. The van der Waals surface area contributed by atoms with E-state index in [2.05, 4.69) is 25.8 Å². The normalized spacial score (nSPS) is 10.0. The molecule has 2 rings (SSSR count). The summed E-state index contributed by atoms with van der Waals surface area (Å²) in [5.41, 5.74) is 5.16. The maximum absolute atomic E-state index is 11.5. The van der Waals surface area contributed by atoms with E-state index in [-0.39, 0.29) is 25.4 Å². The van der Waals surface area contributed by atoms with Crippen LogP contribution in [0.4, 0.5) is 4.79 Å². The maximum atomic E-state index is 11.5. The van der Waals surface area contributed by atoms with Crippen molar-refractivity contribution in [3.05, 3.63) is 36.2 Å². The molecule has 1 aromatic carbocycles. The molecule has 1 heterocycles. The van der Waals surface area contributed by atoms with E-state index < -0.39 is 6.09 Å². The van der Waals surface area contributed by atoms with Gasteiger partial charge >= 0.3 is 6.09 Å². The minimum absolute atomic E-state index is 0.100. The summed E-state index contributed by atoms with van der Waals surface area (Å²) in [6, 6.07) is 9.34. The highest BCUT2D eigenvalue weighted by Gasteiger charge is 2.10. The lowest BCUT2D eigenvalue weighted by Crippen LogP contribution is -2.42. The molecule has 8 nitrogen and oxygen atoms in total. The van der Waals surface area contributed by atoms with E-state index in [4.69, 9.17) is 4.42 Å². The van der Waals surface area contributed by atoms with Crippen molar-refractivity contribution in [1.29, 1.82) is 0 Å². The summed E-state index contributed by atoms with van der Waals surface area (Å²) in [5.74, 6) is 0.373. The third kappa shape index (κ3) is 4.58. The zero-order chi connectivity index (χ0) is 15.8. The molecule has 0 spiro atoms. The lowest BCUT2D eigenvalue weighted by atomic mass is 10.2. The average molecular weight is 304 g/mol. The fourth-order valence-corrected chi connectivity index (χ4v) is 1.62. The number of hydrogen-bond donors (Lipinski definition) is 2. The molecule has 0 aliphatic heterocycles. The zero-order valence-electron chi connectivity index (χ0n) is 12.0. The summed E-state index contributed by atoms with van der Waals surface area (Å²) in [4.78, 5) is 22.5. The number of amides is 2. The molecular weight excluding hydrogens is 288 g/mol. The highest BCUT2D eigenvalue weighted by Crippen LogP contribution is 2.17. The minimum Gasteiger partial charge on any atom is -0.449 e. The largest absolute Gasteiger partial charge is 0.449 e. The second-order valence-corrected chi connectivity index (χ2v) is 4.26. The van der Waals surface area contributed by atoms with Crippen LogP contribution in [-0.4, -0.2) is 28.8 Å². The molecule has 0 aliphatic carbocycles. The molecular formula is C14H16N4O4. The van der Waals surface area contributed by atoms with E-state index in [1.165, 1.54) is 0 Å². The first-order chi connectivity index (χ1) is 10.7. The van der Waals surface area contributed by atoms with Crippen LogP contribution in [-0.2, 0) is 16.0 Å². The van der Waals surface area contributed by atoms with Gasteiger partial charge in [0.05, 0.1) is 6.61 Å². The first-order valence-electron chi connectivity index (χ1n) is 6.78. The number of carbonyl (C=O) groups excluding carboxylic acids is 2. The van der Waals surface area contributed by atoms with Crippen LogP contribution in [0.2, 0.25) is 0 Å². The summed E-state index contributed by atoms with van der Waals surface area (Å²) < 4.78 is 10.1. The highest BCUT2D eigenvalue weighted by molar-refractivity contribution is 5.79. The molecule has 0 aliphatic rings. The first kappa shape index (κ1) is 15.5. The second kappa shape index (κ2) is 7.77. The maximum Gasteiger partial charge on any atom is 0.426 e. The number of hydrazine groups is 1. The van der Waals surface area contributed by atoms with Crippen LogP contribution in [0.1, 0.15) is 19.2 Å². The third-order valence-electron chi connectivity index (χ3n) is 2.63. The molecule has 22 heavy (non-hydrogen) atoms. The van der Waals surface area contributed by atoms with Crippen molar-refractivity contribution in [2.45, 2.75) is 19.8 Å². The number of aromatic nitrogens is 2. The number of rotatable bonds is 5. The zero-order valence-corrected chi connectivity index (χ0v) is 12.0. The fraction of sp³-hybridized carbons (Fsp3) is 0.286. The molecule has 116 valence electrons. The van der Waals surface area contributed by atoms with E-state index >= 15 is 0 Å². The summed E-state index contributed by atoms with van der Waals surface area (Å²) in [7, 11) is 0. The molecule has 0 fully saturated rings. The lowest BCUT2D eigenvalue weighted by molar-refractivity contribution is -0.122. The Hall–Kier alpha value is -2.90. The Morgan fingerprint density at radius 1 is 1.18 bits per heavy atom. The molecule has 8 heteroatoms. The Morgan fingerprint density at radius 3 is 2.68 bits per heavy atom. The molecule has 2 N–H and O–H groups in total. The lowest BCUT2D eigenvalue weighted by Gasteiger charge is -2.05. The van der Waals surface area contributed by atoms with Crippen molar-refractivity contribution in [2.24, 2.45) is 0 Å². The van der Waals surface area contributed by atoms with Crippen LogP contribution in [0.3, 0.4) is 0 Å². The first-order valence-corrected chi connectivity index (χ1v) is 6.78. The predicted octanol–water partition coefficient (Wildman–Crippen LogP) is 1.45. The molecule has 0 saturated carbocycles. The van der Waals surface area contributed by atoms with Crippen molar-refractivity contribution in [3.63, 3.8) is 0 Å². The third-order valence-corrected chi connectivity index (χ3v) is 2.63. The average Bonchev–Trinajstić information content (AvgIpc) is 3.01. The van der Waals surface area contributed by atoms with Gasteiger partial charge in [0.1, 0.15) is 0 Å². The minimum atomic E-state index is -0.708. The topological polar surface area (TPSA) is 106 Å². The van der Waals surface area contributed by atoms with Gasteiger partial charge in [0, 0.05) is 18.4 Å². The van der Waals surface area contributed by atoms with Gasteiger partial charge in [-0.05, 0) is 19.1 Å². The summed E-state index contributed by atoms with van der Waals surface area (Å²) >= 11 is 0. The molecule has 0 unspecified atom stereocenters. The van der Waals surface area contributed by atoms with Crippen LogP contribution in [0.15, 0.2) is 34.7 Å². The van der Waals surface area contributed by atoms with Crippen LogP contribution in [0.25, 0.3) is 11.5 Å². The van der Waals surface area contributed by atoms with Gasteiger partial charge in [-0.15, -0.1) is 10.2 Å². The molecule has 0 bridgehead atoms. The smallest absolute Gasteiger partial charge is 0.426 e.